The van der Waals surface area contributed by atoms with Crippen LogP contribution >= 0.6 is 0 Å². The van der Waals surface area contributed by atoms with Gasteiger partial charge < -0.3 is 0 Å². The molecule has 2 aromatic rings. The third kappa shape index (κ3) is 3.27. The van der Waals surface area contributed by atoms with E-state index in [9.17, 15) is 9.18 Å². The Hall–Kier alpha value is -1.71. The van der Waals surface area contributed by atoms with E-state index in [0.29, 0.717) is 17.8 Å². The number of carbonyl (C=O) groups is 1. The molecule has 0 radical (unpaired) electrons. The smallest absolute Gasteiger partial charge is 0.157 e. The van der Waals surface area contributed by atoms with Gasteiger partial charge in [-0.1, -0.05) is 20.3 Å². The lowest BCUT2D eigenvalue weighted by Gasteiger charge is -2.56. The van der Waals surface area contributed by atoms with Gasteiger partial charge in [0.25, 0.3) is 0 Å². The highest BCUT2D eigenvalue weighted by Gasteiger charge is 2.58. The summed E-state index contributed by atoms with van der Waals surface area (Å²) < 4.78 is 15.3. The zero-order valence-corrected chi connectivity index (χ0v) is 19.6. The fourth-order valence-electron chi connectivity index (χ4n) is 9.01. The maximum atomic E-state index is 13.5. The second-order valence-electron chi connectivity index (χ2n) is 12.0. The molecule has 0 amide bonds. The van der Waals surface area contributed by atoms with Gasteiger partial charge in [0.2, 0.25) is 0 Å². The minimum absolute atomic E-state index is 0.154. The SMILES string of the molecule is CC1CCC2C(CCC3C2CCC2(C)C(C(=O)Cn4cc5ccc(F)cc5n4)CCC32)C1. The van der Waals surface area contributed by atoms with E-state index < -0.39 is 0 Å². The Morgan fingerprint density at radius 3 is 2.81 bits per heavy atom. The number of hydrogen-bond acceptors (Lipinski definition) is 2. The molecular weight excluding hydrogens is 399 g/mol. The molecule has 0 N–H and O–H groups in total. The third-order valence-corrected chi connectivity index (χ3v) is 10.4. The first kappa shape index (κ1) is 20.9. The van der Waals surface area contributed by atoms with Crippen molar-refractivity contribution in [1.82, 2.24) is 9.78 Å². The lowest BCUT2D eigenvalue weighted by molar-refractivity contribution is -0.131. The molecule has 0 bridgehead atoms. The van der Waals surface area contributed by atoms with Crippen molar-refractivity contribution in [2.24, 2.45) is 46.8 Å². The second-order valence-corrected chi connectivity index (χ2v) is 12.0. The van der Waals surface area contributed by atoms with Crippen molar-refractivity contribution in [1.29, 1.82) is 0 Å². The van der Waals surface area contributed by atoms with Crippen LogP contribution in [0.15, 0.2) is 24.4 Å². The van der Waals surface area contributed by atoms with Gasteiger partial charge in [-0.3, -0.25) is 9.48 Å². The van der Waals surface area contributed by atoms with E-state index in [-0.39, 0.29) is 17.2 Å². The Morgan fingerprint density at radius 2 is 1.94 bits per heavy atom. The number of rotatable bonds is 3. The lowest BCUT2D eigenvalue weighted by Crippen LogP contribution is -2.49. The zero-order chi connectivity index (χ0) is 22.0. The van der Waals surface area contributed by atoms with E-state index in [1.807, 2.05) is 6.20 Å². The number of Topliss-reactive ketones (excluding diaryl/α,β-unsaturated/α-hetero) is 1. The largest absolute Gasteiger partial charge is 0.297 e. The molecule has 1 aromatic carbocycles. The zero-order valence-electron chi connectivity index (χ0n) is 19.6. The molecule has 1 heterocycles. The fourth-order valence-corrected chi connectivity index (χ4v) is 9.01. The van der Waals surface area contributed by atoms with Gasteiger partial charge in [0, 0.05) is 23.6 Å². The molecule has 3 nitrogen and oxygen atoms in total. The summed E-state index contributed by atoms with van der Waals surface area (Å²) in [6, 6.07) is 4.65. The fraction of sp³-hybridized carbons (Fsp3) is 0.714. The van der Waals surface area contributed by atoms with Gasteiger partial charge in [-0.15, -0.1) is 0 Å². The molecule has 32 heavy (non-hydrogen) atoms. The van der Waals surface area contributed by atoms with Crippen LogP contribution in [0.25, 0.3) is 10.9 Å². The van der Waals surface area contributed by atoms with Crippen molar-refractivity contribution in [3.8, 4) is 0 Å². The molecule has 172 valence electrons. The summed E-state index contributed by atoms with van der Waals surface area (Å²) in [5.74, 6) is 5.55. The number of ketones is 1. The Bertz CT molecular complexity index is 1030. The molecule has 1 aromatic heterocycles. The highest BCUT2D eigenvalue weighted by molar-refractivity contribution is 5.83. The Balaban J connectivity index is 1.19. The number of hydrogen-bond donors (Lipinski definition) is 0. The molecule has 4 aliphatic rings. The van der Waals surface area contributed by atoms with Gasteiger partial charge in [-0.2, -0.15) is 5.10 Å². The number of fused-ring (bicyclic) bond motifs is 6. The van der Waals surface area contributed by atoms with E-state index >= 15 is 0 Å². The van der Waals surface area contributed by atoms with Crippen LogP contribution in [0.1, 0.15) is 71.6 Å². The monoisotopic (exact) mass is 436 g/mol. The molecule has 4 heteroatoms. The highest BCUT2D eigenvalue weighted by atomic mass is 19.1. The van der Waals surface area contributed by atoms with Crippen molar-refractivity contribution in [2.45, 2.75) is 78.2 Å². The normalized spacial score (nSPS) is 41.2. The van der Waals surface area contributed by atoms with Crippen molar-refractivity contribution in [3.05, 3.63) is 30.2 Å². The van der Waals surface area contributed by atoms with E-state index in [2.05, 4.69) is 18.9 Å². The van der Waals surface area contributed by atoms with Crippen molar-refractivity contribution < 1.29 is 9.18 Å². The van der Waals surface area contributed by atoms with Gasteiger partial charge in [-0.25, -0.2) is 4.39 Å². The highest BCUT2D eigenvalue weighted by Crippen LogP contribution is 2.64. The number of carbonyl (C=O) groups excluding carboxylic acids is 1. The molecule has 0 aliphatic heterocycles. The molecule has 4 aliphatic carbocycles. The molecule has 6 rings (SSSR count). The Morgan fingerprint density at radius 1 is 1.09 bits per heavy atom. The number of benzene rings is 1. The maximum absolute atomic E-state index is 13.5. The third-order valence-electron chi connectivity index (χ3n) is 10.4. The van der Waals surface area contributed by atoms with E-state index in [4.69, 9.17) is 0 Å². The standard InChI is InChI=1S/C28H37FN2O/c1-17-3-7-21-18(13-17)5-8-23-22(21)11-12-28(2)24(23)9-10-25(28)27(32)16-31-15-19-4-6-20(29)14-26(19)30-31/h4,6,14-15,17-18,21-25H,3,5,7-13,16H2,1-2H3. The van der Waals surface area contributed by atoms with Crippen LogP contribution in [0.2, 0.25) is 0 Å². The average Bonchev–Trinajstić information content (AvgIpc) is 3.32. The minimum Gasteiger partial charge on any atom is -0.297 e. The summed E-state index contributed by atoms with van der Waals surface area (Å²) in [5.41, 5.74) is 0.790. The first-order valence-corrected chi connectivity index (χ1v) is 13.1. The summed E-state index contributed by atoms with van der Waals surface area (Å²) in [5, 5.41) is 5.38. The van der Waals surface area contributed by atoms with Crippen LogP contribution in [0, 0.1) is 52.7 Å². The van der Waals surface area contributed by atoms with Crippen molar-refractivity contribution >= 4 is 16.7 Å². The van der Waals surface area contributed by atoms with Gasteiger partial charge in [-0.05, 0) is 104 Å². The summed E-state index contributed by atoms with van der Waals surface area (Å²) >= 11 is 0. The van der Waals surface area contributed by atoms with Crippen molar-refractivity contribution in [2.75, 3.05) is 0 Å². The molecule has 4 fully saturated rings. The molecule has 8 unspecified atom stereocenters. The number of aromatic nitrogens is 2. The molecule has 4 saturated carbocycles. The summed E-state index contributed by atoms with van der Waals surface area (Å²) in [4.78, 5) is 13.5. The summed E-state index contributed by atoms with van der Waals surface area (Å²) in [7, 11) is 0. The van der Waals surface area contributed by atoms with E-state index in [1.165, 1.54) is 63.5 Å². The van der Waals surface area contributed by atoms with Crippen molar-refractivity contribution in [3.63, 3.8) is 0 Å². The lowest BCUT2D eigenvalue weighted by atomic mass is 9.49. The first-order valence-electron chi connectivity index (χ1n) is 13.1. The van der Waals surface area contributed by atoms with Gasteiger partial charge in [0.1, 0.15) is 5.82 Å². The summed E-state index contributed by atoms with van der Waals surface area (Å²) in [6.45, 7) is 5.21. The van der Waals surface area contributed by atoms with Gasteiger partial charge in [0.15, 0.2) is 5.78 Å². The topological polar surface area (TPSA) is 34.9 Å². The predicted octanol–water partition coefficient (Wildman–Crippen LogP) is 6.65. The summed E-state index contributed by atoms with van der Waals surface area (Å²) in [6.07, 6.45) is 13.9. The number of nitrogens with zero attached hydrogens (tertiary/aromatic N) is 2. The van der Waals surface area contributed by atoms with Gasteiger partial charge in [0.05, 0.1) is 12.1 Å². The Labute approximate surface area is 191 Å². The van der Waals surface area contributed by atoms with Crippen LogP contribution < -0.4 is 0 Å². The quantitative estimate of drug-likeness (QED) is 0.540. The molecule has 0 spiro atoms. The van der Waals surface area contributed by atoms with Crippen LogP contribution in [-0.2, 0) is 11.3 Å². The van der Waals surface area contributed by atoms with E-state index in [0.717, 1.165) is 47.3 Å². The van der Waals surface area contributed by atoms with Crippen LogP contribution in [0.3, 0.4) is 0 Å². The van der Waals surface area contributed by atoms with Crippen LogP contribution in [-0.4, -0.2) is 15.6 Å². The van der Waals surface area contributed by atoms with Gasteiger partial charge >= 0.3 is 0 Å². The predicted molar refractivity (Wildman–Crippen MR) is 124 cm³/mol. The number of halogens is 1. The Kier molecular flexibility index (Phi) is 5.00. The molecule has 8 atom stereocenters. The molecular formula is C28H37FN2O. The van der Waals surface area contributed by atoms with Crippen LogP contribution in [0.4, 0.5) is 4.39 Å². The van der Waals surface area contributed by atoms with E-state index in [1.54, 1.807) is 10.7 Å². The minimum atomic E-state index is -0.279. The second kappa shape index (κ2) is 7.67. The average molecular weight is 437 g/mol. The maximum Gasteiger partial charge on any atom is 0.157 e. The first-order chi connectivity index (χ1) is 15.4. The van der Waals surface area contributed by atoms with Crippen LogP contribution in [0.5, 0.6) is 0 Å². The molecule has 0 saturated heterocycles.